The number of hydrogen-bond acceptors (Lipinski definition) is 7. The fraction of sp³-hybridized carbons (Fsp3) is 0.706. The van der Waals surface area contributed by atoms with Crippen LogP contribution in [0.5, 0.6) is 0 Å². The van der Waals surface area contributed by atoms with Crippen LogP contribution in [0, 0.1) is 0 Å². The van der Waals surface area contributed by atoms with Crippen molar-refractivity contribution in [2.75, 3.05) is 18.6 Å². The number of thioether (sulfide) groups is 1. The maximum Gasteiger partial charge on any atom is 0.326 e. The number of carboxylic acids is 1. The van der Waals surface area contributed by atoms with Crippen molar-refractivity contribution < 1.29 is 29.1 Å². The maximum atomic E-state index is 12.7. The summed E-state index contributed by atoms with van der Waals surface area (Å²) in [6.45, 7) is 1.76. The van der Waals surface area contributed by atoms with Crippen molar-refractivity contribution in [1.29, 1.82) is 0 Å². The molecular weight excluding hydrogens is 402 g/mol. The van der Waals surface area contributed by atoms with Gasteiger partial charge >= 0.3 is 5.97 Å². The number of hydrogen-bond donors (Lipinski definition) is 5. The average Bonchev–Trinajstić information content (AvgIpc) is 3.13. The molecule has 1 fully saturated rings. The third kappa shape index (κ3) is 7.54. The number of nitrogens with two attached hydrogens (primary N) is 2. The highest BCUT2D eigenvalue weighted by Crippen LogP contribution is 2.19. The van der Waals surface area contributed by atoms with Gasteiger partial charge in [-0.15, -0.1) is 0 Å². The summed E-state index contributed by atoms with van der Waals surface area (Å²) in [5.74, 6) is -3.02. The summed E-state index contributed by atoms with van der Waals surface area (Å²) < 4.78 is 0. The predicted octanol–water partition coefficient (Wildman–Crippen LogP) is -1.99. The molecular formula is C17H29N5O6S. The van der Waals surface area contributed by atoms with Crippen molar-refractivity contribution in [2.45, 2.75) is 56.8 Å². The van der Waals surface area contributed by atoms with Gasteiger partial charge in [-0.25, -0.2) is 4.79 Å². The van der Waals surface area contributed by atoms with Gasteiger partial charge in [0.2, 0.25) is 23.6 Å². The van der Waals surface area contributed by atoms with Gasteiger partial charge in [-0.05, 0) is 38.2 Å². The number of carbonyl (C=O) groups is 5. The number of nitrogens with one attached hydrogen (secondary N) is 2. The van der Waals surface area contributed by atoms with Crippen LogP contribution < -0.4 is 22.1 Å². The van der Waals surface area contributed by atoms with Crippen LogP contribution >= 0.6 is 11.8 Å². The molecule has 1 aliphatic rings. The van der Waals surface area contributed by atoms with Crippen molar-refractivity contribution in [3.8, 4) is 0 Å². The van der Waals surface area contributed by atoms with Gasteiger partial charge in [0.05, 0.1) is 12.5 Å². The Kier molecular flexibility index (Phi) is 9.89. The van der Waals surface area contributed by atoms with Crippen LogP contribution in [-0.4, -0.2) is 82.3 Å². The molecule has 1 rings (SSSR count). The third-order valence-electron chi connectivity index (χ3n) is 4.55. The van der Waals surface area contributed by atoms with Gasteiger partial charge in [-0.3, -0.25) is 19.2 Å². The minimum Gasteiger partial charge on any atom is -0.480 e. The second kappa shape index (κ2) is 11.6. The molecule has 12 heteroatoms. The molecule has 1 heterocycles. The predicted molar refractivity (Wildman–Crippen MR) is 107 cm³/mol. The minimum atomic E-state index is -1.17. The van der Waals surface area contributed by atoms with Gasteiger partial charge in [0, 0.05) is 6.54 Å². The molecule has 0 radical (unpaired) electrons. The first-order valence-electron chi connectivity index (χ1n) is 9.25. The summed E-state index contributed by atoms with van der Waals surface area (Å²) in [7, 11) is 0. The van der Waals surface area contributed by atoms with Crippen LogP contribution in [0.1, 0.15) is 32.6 Å². The largest absolute Gasteiger partial charge is 0.480 e. The number of nitrogens with zero attached hydrogens (tertiary/aromatic N) is 1. The van der Waals surface area contributed by atoms with E-state index in [0.717, 1.165) is 0 Å². The second-order valence-electron chi connectivity index (χ2n) is 6.88. The Bertz CT molecular complexity index is 646. The van der Waals surface area contributed by atoms with E-state index in [1.807, 2.05) is 6.26 Å². The fourth-order valence-corrected chi connectivity index (χ4v) is 3.48. The smallest absolute Gasteiger partial charge is 0.326 e. The lowest BCUT2D eigenvalue weighted by Crippen LogP contribution is -2.56. The van der Waals surface area contributed by atoms with E-state index in [1.165, 1.54) is 23.6 Å². The Morgan fingerprint density at radius 1 is 1.24 bits per heavy atom. The van der Waals surface area contributed by atoms with Gasteiger partial charge in [0.25, 0.3) is 0 Å². The van der Waals surface area contributed by atoms with Crippen LogP contribution in [0.3, 0.4) is 0 Å². The SMILES string of the molecule is CSCCC(NC(=O)C1CCCN1C(=O)C(C)NC(=O)C(N)CC(N)=O)C(=O)O. The molecule has 0 aliphatic carbocycles. The van der Waals surface area contributed by atoms with Gasteiger partial charge in [-0.1, -0.05) is 0 Å². The lowest BCUT2D eigenvalue weighted by molar-refractivity contribution is -0.144. The first-order chi connectivity index (χ1) is 13.6. The van der Waals surface area contributed by atoms with Crippen LogP contribution in [0.2, 0.25) is 0 Å². The molecule has 0 spiro atoms. The number of carboxylic acid groups (broad SMARTS) is 1. The number of amides is 4. The van der Waals surface area contributed by atoms with E-state index >= 15 is 0 Å². The van der Waals surface area contributed by atoms with Gasteiger partial charge in [-0.2, -0.15) is 11.8 Å². The number of rotatable bonds is 11. The number of likely N-dealkylation sites (tertiary alicyclic amines) is 1. The molecule has 0 aromatic carbocycles. The fourth-order valence-electron chi connectivity index (χ4n) is 3.00. The standard InChI is InChI=1S/C17H29N5O6S/c1-9(20-14(24)10(18)8-13(19)23)16(26)22-6-3-4-12(22)15(25)21-11(17(27)28)5-7-29-2/h9-12H,3-8,18H2,1-2H3,(H2,19,23)(H,20,24)(H,21,25)(H,27,28). The Balaban J connectivity index is 2.72. The Morgan fingerprint density at radius 3 is 2.45 bits per heavy atom. The third-order valence-corrected chi connectivity index (χ3v) is 5.19. The van der Waals surface area contributed by atoms with Crippen LogP contribution in [0.4, 0.5) is 0 Å². The van der Waals surface area contributed by atoms with Crippen molar-refractivity contribution in [3.05, 3.63) is 0 Å². The molecule has 11 nitrogen and oxygen atoms in total. The monoisotopic (exact) mass is 431 g/mol. The average molecular weight is 432 g/mol. The zero-order chi connectivity index (χ0) is 22.1. The molecule has 1 saturated heterocycles. The molecule has 29 heavy (non-hydrogen) atoms. The Labute approximate surface area is 173 Å². The molecule has 4 unspecified atom stereocenters. The van der Waals surface area contributed by atoms with E-state index in [2.05, 4.69) is 10.6 Å². The summed E-state index contributed by atoms with van der Waals surface area (Å²) in [6, 6.07) is -3.98. The molecule has 0 aromatic heterocycles. The van der Waals surface area contributed by atoms with E-state index in [9.17, 15) is 29.1 Å². The lowest BCUT2D eigenvalue weighted by atomic mass is 10.1. The highest BCUT2D eigenvalue weighted by molar-refractivity contribution is 7.98. The van der Waals surface area contributed by atoms with E-state index in [0.29, 0.717) is 25.1 Å². The topological polar surface area (TPSA) is 185 Å². The van der Waals surface area contributed by atoms with Gasteiger partial charge < -0.3 is 32.1 Å². The van der Waals surface area contributed by atoms with Crippen molar-refractivity contribution >= 4 is 41.4 Å². The molecule has 164 valence electrons. The molecule has 0 aromatic rings. The number of aliphatic carboxylic acids is 1. The highest BCUT2D eigenvalue weighted by Gasteiger charge is 2.37. The first kappa shape index (κ1) is 24.7. The van der Waals surface area contributed by atoms with Gasteiger partial charge in [0.15, 0.2) is 0 Å². The summed E-state index contributed by atoms with van der Waals surface area (Å²) in [4.78, 5) is 60.8. The molecule has 7 N–H and O–H groups in total. The summed E-state index contributed by atoms with van der Waals surface area (Å²) >= 11 is 1.47. The first-order valence-corrected chi connectivity index (χ1v) is 10.6. The van der Waals surface area contributed by atoms with Gasteiger partial charge in [0.1, 0.15) is 18.1 Å². The summed E-state index contributed by atoms with van der Waals surface area (Å²) in [5, 5.41) is 14.2. The number of carbonyl (C=O) groups excluding carboxylic acids is 4. The number of primary amides is 1. The summed E-state index contributed by atoms with van der Waals surface area (Å²) in [6.07, 6.45) is 2.73. The zero-order valence-electron chi connectivity index (χ0n) is 16.6. The quantitative estimate of drug-likeness (QED) is 0.249. The van der Waals surface area contributed by atoms with Crippen LogP contribution in [-0.2, 0) is 24.0 Å². The Morgan fingerprint density at radius 2 is 1.90 bits per heavy atom. The molecule has 1 aliphatic heterocycles. The second-order valence-corrected chi connectivity index (χ2v) is 7.86. The van der Waals surface area contributed by atoms with Crippen LogP contribution in [0.15, 0.2) is 0 Å². The molecule has 4 amide bonds. The van der Waals surface area contributed by atoms with Crippen molar-refractivity contribution in [2.24, 2.45) is 11.5 Å². The normalized spacial score (nSPS) is 19.1. The van der Waals surface area contributed by atoms with E-state index in [4.69, 9.17) is 11.5 Å². The van der Waals surface area contributed by atoms with E-state index < -0.39 is 53.8 Å². The van der Waals surface area contributed by atoms with Crippen LogP contribution in [0.25, 0.3) is 0 Å². The lowest BCUT2D eigenvalue weighted by Gasteiger charge is -2.28. The Hall–Kier alpha value is -2.34. The maximum absolute atomic E-state index is 12.7. The molecule has 0 bridgehead atoms. The van der Waals surface area contributed by atoms with Crippen molar-refractivity contribution in [3.63, 3.8) is 0 Å². The molecule has 4 atom stereocenters. The zero-order valence-corrected chi connectivity index (χ0v) is 17.4. The summed E-state index contributed by atoms with van der Waals surface area (Å²) in [5.41, 5.74) is 10.6. The molecule has 0 saturated carbocycles. The van der Waals surface area contributed by atoms with E-state index in [-0.39, 0.29) is 12.8 Å². The van der Waals surface area contributed by atoms with E-state index in [1.54, 1.807) is 0 Å². The highest BCUT2D eigenvalue weighted by atomic mass is 32.2. The van der Waals surface area contributed by atoms with Crippen molar-refractivity contribution in [1.82, 2.24) is 15.5 Å². The minimum absolute atomic E-state index is 0.271.